The average molecular weight is 381 g/mol. The summed E-state index contributed by atoms with van der Waals surface area (Å²) in [6.07, 6.45) is 1.36. The quantitative estimate of drug-likeness (QED) is 0.615. The molecular formula is C22H27N3O3. The molecule has 0 unspecified atom stereocenters. The lowest BCUT2D eigenvalue weighted by atomic mass is 9.87. The van der Waals surface area contributed by atoms with Crippen molar-refractivity contribution in [2.24, 2.45) is 0 Å². The Balaban J connectivity index is 1.23. The fourth-order valence-corrected chi connectivity index (χ4v) is 3.09. The first-order chi connectivity index (χ1) is 13.6. The summed E-state index contributed by atoms with van der Waals surface area (Å²) in [6.45, 7) is 3.55. The van der Waals surface area contributed by atoms with E-state index in [1.54, 1.807) is 0 Å². The number of benzene rings is 2. The molecule has 148 valence electrons. The van der Waals surface area contributed by atoms with Gasteiger partial charge in [-0.1, -0.05) is 48.0 Å². The lowest BCUT2D eigenvalue weighted by Gasteiger charge is -2.36. The molecule has 0 aliphatic heterocycles. The van der Waals surface area contributed by atoms with Crippen LogP contribution in [-0.4, -0.2) is 37.2 Å². The Hall–Kier alpha value is -2.86. The molecule has 0 saturated heterocycles. The minimum absolute atomic E-state index is 0.0592. The highest BCUT2D eigenvalue weighted by molar-refractivity contribution is 5.94. The summed E-state index contributed by atoms with van der Waals surface area (Å²) < 4.78 is 5.23. The Morgan fingerprint density at radius 1 is 0.964 bits per heavy atom. The van der Waals surface area contributed by atoms with E-state index in [1.165, 1.54) is 0 Å². The Morgan fingerprint density at radius 3 is 2.39 bits per heavy atom. The lowest BCUT2D eigenvalue weighted by molar-refractivity contribution is 0.0951. The lowest BCUT2D eigenvalue weighted by Crippen LogP contribution is -2.53. The van der Waals surface area contributed by atoms with Crippen molar-refractivity contribution in [3.05, 3.63) is 71.3 Å². The number of carbonyl (C=O) groups is 2. The Labute approximate surface area is 165 Å². The molecule has 0 aromatic heterocycles. The second-order valence-electron chi connectivity index (χ2n) is 7.15. The molecule has 2 amide bonds. The third kappa shape index (κ3) is 6.09. The molecular weight excluding hydrogens is 354 g/mol. The van der Waals surface area contributed by atoms with E-state index in [4.69, 9.17) is 4.74 Å². The van der Waals surface area contributed by atoms with Gasteiger partial charge in [0.15, 0.2) is 0 Å². The fraction of sp³-hybridized carbons (Fsp3) is 0.364. The number of rotatable bonds is 8. The van der Waals surface area contributed by atoms with Gasteiger partial charge in [0.2, 0.25) is 0 Å². The van der Waals surface area contributed by atoms with Gasteiger partial charge in [-0.3, -0.25) is 4.79 Å². The fourth-order valence-electron chi connectivity index (χ4n) is 3.09. The van der Waals surface area contributed by atoms with Crippen molar-refractivity contribution in [1.82, 2.24) is 16.0 Å². The van der Waals surface area contributed by atoms with Crippen molar-refractivity contribution < 1.29 is 14.3 Å². The van der Waals surface area contributed by atoms with Crippen molar-refractivity contribution in [3.63, 3.8) is 0 Å². The van der Waals surface area contributed by atoms with Crippen LogP contribution in [0, 0.1) is 6.92 Å². The van der Waals surface area contributed by atoms with Crippen LogP contribution in [0.1, 0.15) is 34.3 Å². The second kappa shape index (κ2) is 9.90. The topological polar surface area (TPSA) is 79.5 Å². The summed E-state index contributed by atoms with van der Waals surface area (Å²) in [6, 6.07) is 17.6. The maximum Gasteiger partial charge on any atom is 0.407 e. The van der Waals surface area contributed by atoms with Crippen molar-refractivity contribution in [1.29, 1.82) is 0 Å². The minimum atomic E-state index is -0.377. The van der Waals surface area contributed by atoms with E-state index in [2.05, 4.69) is 16.0 Å². The summed E-state index contributed by atoms with van der Waals surface area (Å²) in [5.74, 6) is -0.0592. The number of ether oxygens (including phenoxy) is 1. The molecule has 0 spiro atoms. The highest BCUT2D eigenvalue weighted by atomic mass is 16.5. The van der Waals surface area contributed by atoms with E-state index in [9.17, 15) is 9.59 Å². The van der Waals surface area contributed by atoms with Crippen LogP contribution in [0.15, 0.2) is 54.6 Å². The number of hydrogen-bond donors (Lipinski definition) is 3. The van der Waals surface area contributed by atoms with E-state index < -0.39 is 0 Å². The molecule has 1 fully saturated rings. The molecule has 1 aliphatic rings. The second-order valence-corrected chi connectivity index (χ2v) is 7.15. The predicted molar refractivity (Wildman–Crippen MR) is 108 cm³/mol. The first kappa shape index (κ1) is 19.9. The van der Waals surface area contributed by atoms with Crippen LogP contribution in [0.2, 0.25) is 0 Å². The van der Waals surface area contributed by atoms with Gasteiger partial charge in [0.05, 0.1) is 0 Å². The Kier molecular flexibility index (Phi) is 7.03. The largest absolute Gasteiger partial charge is 0.445 e. The highest BCUT2D eigenvalue weighted by Gasteiger charge is 2.30. The molecule has 0 heterocycles. The van der Waals surface area contributed by atoms with Crippen LogP contribution in [0.4, 0.5) is 4.79 Å². The third-order valence-electron chi connectivity index (χ3n) is 4.83. The van der Waals surface area contributed by atoms with Crippen LogP contribution in [0.5, 0.6) is 0 Å². The van der Waals surface area contributed by atoms with E-state index in [0.717, 1.165) is 24.0 Å². The van der Waals surface area contributed by atoms with Gasteiger partial charge in [0.25, 0.3) is 5.91 Å². The summed E-state index contributed by atoms with van der Waals surface area (Å²) in [4.78, 5) is 23.8. The zero-order valence-corrected chi connectivity index (χ0v) is 16.1. The van der Waals surface area contributed by atoms with Crippen LogP contribution in [0.25, 0.3) is 0 Å². The number of alkyl carbamates (subject to hydrolysis) is 1. The zero-order valence-electron chi connectivity index (χ0n) is 16.1. The summed E-state index contributed by atoms with van der Waals surface area (Å²) in [5, 5.41) is 9.18. The molecule has 0 radical (unpaired) electrons. The zero-order chi connectivity index (χ0) is 19.8. The average Bonchev–Trinajstić information content (AvgIpc) is 2.68. The maximum absolute atomic E-state index is 12.0. The highest BCUT2D eigenvalue weighted by Crippen LogP contribution is 2.19. The maximum atomic E-state index is 12.0. The van der Waals surface area contributed by atoms with Gasteiger partial charge in [0, 0.05) is 30.7 Å². The van der Waals surface area contributed by atoms with E-state index >= 15 is 0 Å². The van der Waals surface area contributed by atoms with Gasteiger partial charge >= 0.3 is 6.09 Å². The standard InChI is InChI=1S/C22H27N3O3/c1-16-7-9-18(10-8-16)21(26)24-12-11-23-19-13-20(14-19)25-22(27)28-15-17-5-3-2-4-6-17/h2-10,19-20,23H,11-15H2,1H3,(H,24,26)(H,25,27). The van der Waals surface area contributed by atoms with Gasteiger partial charge in [0.1, 0.15) is 6.61 Å². The number of hydrogen-bond acceptors (Lipinski definition) is 4. The van der Waals surface area contributed by atoms with Crippen LogP contribution in [0.3, 0.4) is 0 Å². The van der Waals surface area contributed by atoms with E-state index in [1.807, 2.05) is 61.5 Å². The molecule has 2 aromatic carbocycles. The van der Waals surface area contributed by atoms with Gasteiger partial charge in [-0.15, -0.1) is 0 Å². The van der Waals surface area contributed by atoms with Gasteiger partial charge in [-0.2, -0.15) is 0 Å². The van der Waals surface area contributed by atoms with Crippen LogP contribution >= 0.6 is 0 Å². The first-order valence-corrected chi connectivity index (χ1v) is 9.65. The van der Waals surface area contributed by atoms with Crippen LogP contribution < -0.4 is 16.0 Å². The van der Waals surface area contributed by atoms with Gasteiger partial charge < -0.3 is 20.7 Å². The normalized spacial score (nSPS) is 18.0. The summed E-state index contributed by atoms with van der Waals surface area (Å²) in [5.41, 5.74) is 2.78. The van der Waals surface area contributed by atoms with Crippen molar-refractivity contribution in [2.75, 3.05) is 13.1 Å². The van der Waals surface area contributed by atoms with Crippen molar-refractivity contribution in [2.45, 2.75) is 38.5 Å². The minimum Gasteiger partial charge on any atom is -0.445 e. The molecule has 6 heteroatoms. The molecule has 0 bridgehead atoms. The van der Waals surface area contributed by atoms with E-state index in [0.29, 0.717) is 24.7 Å². The number of nitrogens with one attached hydrogen (secondary N) is 3. The molecule has 2 aromatic rings. The Bertz CT molecular complexity index is 771. The summed E-state index contributed by atoms with van der Waals surface area (Å²) >= 11 is 0. The SMILES string of the molecule is Cc1ccc(C(=O)NCCNC2CC(NC(=O)OCc3ccccc3)C2)cc1. The number of amides is 2. The van der Waals surface area contributed by atoms with Crippen molar-refractivity contribution >= 4 is 12.0 Å². The van der Waals surface area contributed by atoms with Gasteiger partial charge in [-0.25, -0.2) is 4.79 Å². The van der Waals surface area contributed by atoms with Gasteiger partial charge in [-0.05, 0) is 37.5 Å². The molecule has 3 rings (SSSR count). The first-order valence-electron chi connectivity index (χ1n) is 9.65. The number of carbonyl (C=O) groups excluding carboxylic acids is 2. The van der Waals surface area contributed by atoms with Crippen LogP contribution in [-0.2, 0) is 11.3 Å². The number of aryl methyl sites for hydroxylation is 1. The van der Waals surface area contributed by atoms with Crippen molar-refractivity contribution in [3.8, 4) is 0 Å². The Morgan fingerprint density at radius 2 is 1.68 bits per heavy atom. The monoisotopic (exact) mass is 381 g/mol. The predicted octanol–water partition coefficient (Wildman–Crippen LogP) is 2.77. The molecule has 3 N–H and O–H groups in total. The summed E-state index contributed by atoms with van der Waals surface area (Å²) in [7, 11) is 0. The molecule has 0 atom stereocenters. The molecule has 1 aliphatic carbocycles. The smallest absolute Gasteiger partial charge is 0.407 e. The molecule has 6 nitrogen and oxygen atoms in total. The molecule has 1 saturated carbocycles. The van der Waals surface area contributed by atoms with E-state index in [-0.39, 0.29) is 24.6 Å². The third-order valence-corrected chi connectivity index (χ3v) is 4.83. The molecule has 28 heavy (non-hydrogen) atoms.